The van der Waals surface area contributed by atoms with Gasteiger partial charge in [0.25, 0.3) is 0 Å². The Balaban J connectivity index is 1.21. The molecule has 1 N–H and O–H groups in total. The molecule has 1 aliphatic rings. The molecule has 0 aromatic heterocycles. The summed E-state index contributed by atoms with van der Waals surface area (Å²) in [6, 6.07) is 57.2. The lowest BCUT2D eigenvalue weighted by Gasteiger charge is -2.50. The summed E-state index contributed by atoms with van der Waals surface area (Å²) in [4.78, 5) is 27.9. The van der Waals surface area contributed by atoms with Crippen LogP contribution in [0.5, 0.6) is 0 Å². The van der Waals surface area contributed by atoms with Gasteiger partial charge in [0.1, 0.15) is 37.6 Å². The van der Waals surface area contributed by atoms with Crippen molar-refractivity contribution in [1.29, 1.82) is 0 Å². The lowest BCUT2D eigenvalue weighted by molar-refractivity contribution is -0.373. The van der Waals surface area contributed by atoms with Crippen LogP contribution in [0.1, 0.15) is 46.2 Å². The van der Waals surface area contributed by atoms with E-state index in [1.807, 2.05) is 182 Å². The fourth-order valence-corrected chi connectivity index (χ4v) is 7.48. The first-order chi connectivity index (χ1) is 30.9. The van der Waals surface area contributed by atoms with Gasteiger partial charge in [0, 0.05) is 6.42 Å². The molecule has 1 heterocycles. The molecule has 326 valence electrons. The van der Waals surface area contributed by atoms with Crippen molar-refractivity contribution in [2.24, 2.45) is 5.92 Å². The van der Waals surface area contributed by atoms with Gasteiger partial charge in [0.15, 0.2) is 11.7 Å². The number of hydrogen-bond acceptors (Lipinski definition) is 10. The van der Waals surface area contributed by atoms with E-state index in [0.717, 1.165) is 33.4 Å². The Hall–Kier alpha value is -5.98. The molecule has 7 rings (SSSR count). The van der Waals surface area contributed by atoms with Crippen LogP contribution in [0.25, 0.3) is 0 Å². The smallest absolute Gasteiger partial charge is 0.320 e. The average Bonchev–Trinajstić information content (AvgIpc) is 3.33. The fraction of sp³-hybridized carbons (Fsp3) is 0.283. The molecule has 5 atom stereocenters. The Bertz CT molecular complexity index is 2170. The molecular formula is C53H54O10. The van der Waals surface area contributed by atoms with Crippen LogP contribution in [0.2, 0.25) is 0 Å². The Labute approximate surface area is 369 Å². The van der Waals surface area contributed by atoms with E-state index in [1.165, 1.54) is 0 Å². The molecule has 0 amide bonds. The van der Waals surface area contributed by atoms with E-state index in [0.29, 0.717) is 0 Å². The Morgan fingerprint density at radius 1 is 0.476 bits per heavy atom. The molecule has 63 heavy (non-hydrogen) atoms. The Morgan fingerprint density at radius 3 is 1.24 bits per heavy atom. The van der Waals surface area contributed by atoms with Crippen molar-refractivity contribution in [3.8, 4) is 0 Å². The van der Waals surface area contributed by atoms with E-state index in [-0.39, 0.29) is 59.1 Å². The van der Waals surface area contributed by atoms with Crippen molar-refractivity contribution in [2.45, 2.75) is 82.7 Å². The van der Waals surface area contributed by atoms with Crippen LogP contribution < -0.4 is 0 Å². The minimum atomic E-state index is -2.14. The van der Waals surface area contributed by atoms with Crippen LogP contribution in [0.4, 0.5) is 0 Å². The monoisotopic (exact) mass is 850 g/mol. The predicted octanol–water partition coefficient (Wildman–Crippen LogP) is 8.93. The summed E-state index contributed by atoms with van der Waals surface area (Å²) >= 11 is 0. The minimum absolute atomic E-state index is 0.00886. The van der Waals surface area contributed by atoms with Crippen LogP contribution in [-0.2, 0) is 82.4 Å². The highest BCUT2D eigenvalue weighted by Crippen LogP contribution is 2.39. The van der Waals surface area contributed by atoms with Crippen LogP contribution in [0, 0.1) is 5.92 Å². The highest BCUT2D eigenvalue weighted by Gasteiger charge is 2.56. The molecular weight excluding hydrogens is 797 g/mol. The second-order valence-corrected chi connectivity index (χ2v) is 15.5. The van der Waals surface area contributed by atoms with Crippen molar-refractivity contribution in [1.82, 2.24) is 0 Å². The molecule has 0 spiro atoms. The van der Waals surface area contributed by atoms with Gasteiger partial charge in [-0.1, -0.05) is 182 Å². The molecule has 10 heteroatoms. The molecule has 1 fully saturated rings. The molecule has 6 aromatic rings. The quantitative estimate of drug-likeness (QED) is 0.0524. The van der Waals surface area contributed by atoms with E-state index in [1.54, 1.807) is 0 Å². The zero-order valence-corrected chi connectivity index (χ0v) is 35.2. The van der Waals surface area contributed by atoms with Crippen LogP contribution in [0.3, 0.4) is 0 Å². The van der Waals surface area contributed by atoms with Gasteiger partial charge in [-0.25, -0.2) is 0 Å². The number of rotatable bonds is 22. The first-order valence-corrected chi connectivity index (χ1v) is 21.3. The minimum Gasteiger partial charge on any atom is -0.460 e. The average molecular weight is 851 g/mol. The van der Waals surface area contributed by atoms with Gasteiger partial charge in [-0.3, -0.25) is 9.59 Å². The third-order valence-corrected chi connectivity index (χ3v) is 10.8. The molecule has 1 saturated heterocycles. The van der Waals surface area contributed by atoms with Gasteiger partial charge in [-0.05, 0) is 39.8 Å². The van der Waals surface area contributed by atoms with Gasteiger partial charge < -0.3 is 38.3 Å². The highest BCUT2D eigenvalue weighted by molar-refractivity contribution is 5.94. The zero-order chi connectivity index (χ0) is 43.5. The first kappa shape index (κ1) is 45.1. The Kier molecular flexibility index (Phi) is 16.8. The number of esters is 2. The second-order valence-electron chi connectivity index (χ2n) is 15.5. The van der Waals surface area contributed by atoms with Gasteiger partial charge in [-0.2, -0.15) is 0 Å². The third kappa shape index (κ3) is 13.5. The van der Waals surface area contributed by atoms with Crippen LogP contribution >= 0.6 is 0 Å². The van der Waals surface area contributed by atoms with E-state index < -0.39 is 48.1 Å². The molecule has 0 aliphatic carbocycles. The van der Waals surface area contributed by atoms with Crippen molar-refractivity contribution >= 4 is 11.9 Å². The highest BCUT2D eigenvalue weighted by atomic mass is 16.7. The summed E-state index contributed by atoms with van der Waals surface area (Å²) in [6.07, 6.45) is -4.28. The van der Waals surface area contributed by atoms with Gasteiger partial charge in [0.2, 0.25) is 0 Å². The zero-order valence-electron chi connectivity index (χ0n) is 35.2. The normalized spacial score (nSPS) is 19.7. The first-order valence-electron chi connectivity index (χ1n) is 21.3. The van der Waals surface area contributed by atoms with Crippen molar-refractivity contribution in [3.05, 3.63) is 215 Å². The maximum atomic E-state index is 13.9. The topological polar surface area (TPSA) is 119 Å². The number of benzene rings is 6. The van der Waals surface area contributed by atoms with Crippen molar-refractivity contribution < 1.29 is 47.9 Å². The lowest BCUT2D eigenvalue weighted by atomic mass is 9.87. The van der Waals surface area contributed by atoms with E-state index in [9.17, 15) is 14.7 Å². The SMILES string of the molecule is O=C(OCc1ccccc1)C(CCC1(O)O[C@H](COCc2ccccc2)[C@H](OCc2ccccc2)[C@H](OCc2ccccc2)[C@H]1OCc1ccccc1)C(=O)OCc1ccccc1. The van der Waals surface area contributed by atoms with Crippen LogP contribution in [-0.4, -0.2) is 53.9 Å². The Morgan fingerprint density at radius 2 is 0.825 bits per heavy atom. The maximum Gasteiger partial charge on any atom is 0.320 e. The standard InChI is InChI=1S/C53H54O10/c54-51(61-37-44-27-15-5-16-28-44)46(52(55)62-38-45-29-17-6-18-30-45)31-32-53(56)50(60-36-43-25-13-4-14-26-43)49(59-35-42-23-11-3-12-24-42)48(58-34-41-21-9-2-10-22-41)47(63-53)39-57-33-40-19-7-1-8-20-40/h1-30,46-50,56H,31-39H2/t47-,48+,49+,50-,53?/m1/s1. The lowest BCUT2D eigenvalue weighted by Crippen LogP contribution is -2.67. The van der Waals surface area contributed by atoms with Crippen LogP contribution in [0.15, 0.2) is 182 Å². The van der Waals surface area contributed by atoms with Gasteiger partial charge in [-0.15, -0.1) is 0 Å². The summed E-state index contributed by atoms with van der Waals surface area (Å²) in [6.45, 7) is 0.637. The van der Waals surface area contributed by atoms with E-state index >= 15 is 0 Å². The summed E-state index contributed by atoms with van der Waals surface area (Å²) in [5.41, 5.74) is 5.14. The van der Waals surface area contributed by atoms with Crippen molar-refractivity contribution in [3.63, 3.8) is 0 Å². The van der Waals surface area contributed by atoms with Crippen molar-refractivity contribution in [2.75, 3.05) is 6.61 Å². The predicted molar refractivity (Wildman–Crippen MR) is 236 cm³/mol. The van der Waals surface area contributed by atoms with E-state index in [2.05, 4.69) is 0 Å². The molecule has 6 aromatic carbocycles. The summed E-state index contributed by atoms with van der Waals surface area (Å²) in [7, 11) is 0. The molecule has 0 radical (unpaired) electrons. The molecule has 10 nitrogen and oxygen atoms in total. The summed E-state index contributed by atoms with van der Waals surface area (Å²) < 4.78 is 44.8. The van der Waals surface area contributed by atoms with Gasteiger partial charge in [0.05, 0.1) is 33.0 Å². The number of aliphatic hydroxyl groups is 1. The maximum absolute atomic E-state index is 13.9. The fourth-order valence-electron chi connectivity index (χ4n) is 7.48. The number of carbonyl (C=O) groups is 2. The summed E-state index contributed by atoms with van der Waals surface area (Å²) in [5, 5.41) is 13.1. The van der Waals surface area contributed by atoms with Gasteiger partial charge >= 0.3 is 11.9 Å². The molecule has 0 bridgehead atoms. The molecule has 1 aliphatic heterocycles. The number of hydrogen-bond donors (Lipinski definition) is 1. The summed E-state index contributed by atoms with van der Waals surface area (Å²) in [5.74, 6) is -5.13. The molecule has 0 saturated carbocycles. The third-order valence-electron chi connectivity index (χ3n) is 10.8. The molecule has 1 unspecified atom stereocenters. The van der Waals surface area contributed by atoms with E-state index in [4.69, 9.17) is 33.2 Å². The number of carbonyl (C=O) groups excluding carboxylic acids is 2. The largest absolute Gasteiger partial charge is 0.460 e. The second kappa shape index (κ2) is 23.5. The number of ether oxygens (including phenoxy) is 7.